The van der Waals surface area contributed by atoms with E-state index in [2.05, 4.69) is 15.3 Å². The van der Waals surface area contributed by atoms with Crippen LogP contribution in [-0.4, -0.2) is 20.4 Å². The number of amides is 1. The number of nitrogens with one attached hydrogen (secondary N) is 1. The normalized spacial score (nSPS) is 10.8. The molecule has 0 atom stereocenters. The van der Waals surface area contributed by atoms with E-state index < -0.39 is 0 Å². The minimum atomic E-state index is -0.289. The van der Waals surface area contributed by atoms with Gasteiger partial charge in [-0.05, 0) is 11.6 Å². The van der Waals surface area contributed by atoms with Gasteiger partial charge in [0, 0.05) is 31.9 Å². The maximum atomic E-state index is 12.1. The van der Waals surface area contributed by atoms with Gasteiger partial charge in [-0.25, -0.2) is 9.97 Å². The molecule has 2 aromatic heterocycles. The zero-order valence-electron chi connectivity index (χ0n) is 11.7. The summed E-state index contributed by atoms with van der Waals surface area (Å²) >= 11 is 5.99. The minimum absolute atomic E-state index is 0.146. The van der Waals surface area contributed by atoms with Crippen molar-refractivity contribution in [1.82, 2.24) is 19.9 Å². The maximum Gasteiger partial charge on any atom is 0.271 e. The summed E-state index contributed by atoms with van der Waals surface area (Å²) in [5, 5.41) is 3.07. The predicted molar refractivity (Wildman–Crippen MR) is 77.7 cm³/mol. The van der Waals surface area contributed by atoms with E-state index in [0.717, 1.165) is 5.56 Å². The monoisotopic (exact) mass is 292 g/mol. The number of hydrogen-bond acceptors (Lipinski definition) is 3. The van der Waals surface area contributed by atoms with Gasteiger partial charge in [-0.2, -0.15) is 0 Å². The van der Waals surface area contributed by atoms with Crippen LogP contribution in [0.4, 0.5) is 0 Å². The Bertz CT molecular complexity index is 621. The summed E-state index contributed by atoms with van der Waals surface area (Å²) in [6.45, 7) is 4.38. The molecule has 0 spiro atoms. The second-order valence-electron chi connectivity index (χ2n) is 4.95. The topological polar surface area (TPSA) is 59.8 Å². The van der Waals surface area contributed by atoms with E-state index in [1.165, 1.54) is 6.20 Å². The molecule has 1 N–H and O–H groups in total. The molecule has 0 radical (unpaired) electrons. The Labute approximate surface area is 123 Å². The molecule has 1 amide bonds. The van der Waals surface area contributed by atoms with Crippen molar-refractivity contribution in [3.63, 3.8) is 0 Å². The van der Waals surface area contributed by atoms with Crippen LogP contribution in [0.5, 0.6) is 0 Å². The molecular weight excluding hydrogens is 276 g/mol. The summed E-state index contributed by atoms with van der Waals surface area (Å²) in [4.78, 5) is 20.5. The first-order valence-electron chi connectivity index (χ1n) is 6.39. The lowest BCUT2D eigenvalue weighted by molar-refractivity contribution is 0.0945. The third-order valence-corrected chi connectivity index (χ3v) is 3.12. The Morgan fingerprint density at radius 1 is 1.50 bits per heavy atom. The molecule has 0 aliphatic rings. The molecule has 2 heterocycles. The number of nitrogens with zero attached hydrogens (tertiary/aromatic N) is 3. The molecule has 0 aliphatic carbocycles. The highest BCUT2D eigenvalue weighted by molar-refractivity contribution is 6.33. The first-order chi connectivity index (χ1) is 9.47. The fraction of sp³-hybridized carbons (Fsp3) is 0.357. The van der Waals surface area contributed by atoms with Gasteiger partial charge >= 0.3 is 0 Å². The van der Waals surface area contributed by atoms with E-state index >= 15 is 0 Å². The summed E-state index contributed by atoms with van der Waals surface area (Å²) in [6.07, 6.45) is 5.35. The van der Waals surface area contributed by atoms with E-state index in [-0.39, 0.29) is 22.5 Å². The van der Waals surface area contributed by atoms with Gasteiger partial charge in [0.1, 0.15) is 11.5 Å². The van der Waals surface area contributed by atoms with Crippen molar-refractivity contribution in [2.75, 3.05) is 0 Å². The summed E-state index contributed by atoms with van der Waals surface area (Å²) in [6, 6.07) is 1.95. The van der Waals surface area contributed by atoms with Crippen molar-refractivity contribution in [3.8, 4) is 0 Å². The van der Waals surface area contributed by atoms with Crippen LogP contribution in [0.15, 0.2) is 24.7 Å². The van der Waals surface area contributed by atoms with E-state index in [0.29, 0.717) is 12.4 Å². The van der Waals surface area contributed by atoms with Crippen molar-refractivity contribution in [2.24, 2.45) is 7.05 Å². The summed E-state index contributed by atoms with van der Waals surface area (Å²) in [5.41, 5.74) is 1.25. The van der Waals surface area contributed by atoms with Gasteiger partial charge in [-0.15, -0.1) is 0 Å². The Balaban J connectivity index is 2.10. The summed E-state index contributed by atoms with van der Waals surface area (Å²) < 4.78 is 1.93. The molecule has 5 nitrogen and oxygen atoms in total. The molecule has 106 valence electrons. The van der Waals surface area contributed by atoms with Crippen molar-refractivity contribution in [3.05, 3.63) is 46.8 Å². The predicted octanol–water partition coefficient (Wildman–Crippen LogP) is 2.52. The Morgan fingerprint density at radius 3 is 2.85 bits per heavy atom. The van der Waals surface area contributed by atoms with Gasteiger partial charge in [0.05, 0.1) is 11.2 Å². The number of rotatable bonds is 4. The molecular formula is C14H17ClN4O. The number of aryl methyl sites for hydroxylation is 1. The van der Waals surface area contributed by atoms with Crippen LogP contribution < -0.4 is 5.32 Å². The van der Waals surface area contributed by atoms with Gasteiger partial charge in [0.15, 0.2) is 0 Å². The average molecular weight is 293 g/mol. The largest absolute Gasteiger partial charge is 0.357 e. The van der Waals surface area contributed by atoms with Crippen LogP contribution in [-0.2, 0) is 13.6 Å². The van der Waals surface area contributed by atoms with Gasteiger partial charge < -0.3 is 9.88 Å². The van der Waals surface area contributed by atoms with Crippen LogP contribution in [0.2, 0.25) is 5.02 Å². The van der Waals surface area contributed by atoms with Crippen LogP contribution in [0.3, 0.4) is 0 Å². The van der Waals surface area contributed by atoms with Crippen molar-refractivity contribution >= 4 is 17.5 Å². The standard InChI is InChI=1S/C14H17ClN4O/c1-9(2)13-16-7-11(15)12(18-13)14(20)17-6-10-4-5-19(3)8-10/h4-5,7-9H,6H2,1-3H3,(H,17,20). The third kappa shape index (κ3) is 3.36. The SMILES string of the molecule is CC(C)c1ncc(Cl)c(C(=O)NCc2ccn(C)c2)n1. The van der Waals surface area contributed by atoms with Crippen LogP contribution >= 0.6 is 11.6 Å². The fourth-order valence-electron chi connectivity index (χ4n) is 1.75. The molecule has 0 unspecified atom stereocenters. The molecule has 2 rings (SSSR count). The quantitative estimate of drug-likeness (QED) is 0.942. The van der Waals surface area contributed by atoms with E-state index in [1.54, 1.807) is 0 Å². The van der Waals surface area contributed by atoms with E-state index in [4.69, 9.17) is 11.6 Å². The lowest BCUT2D eigenvalue weighted by Gasteiger charge is -2.08. The van der Waals surface area contributed by atoms with E-state index in [9.17, 15) is 4.79 Å². The number of carbonyl (C=O) groups excluding carboxylic acids is 1. The Hall–Kier alpha value is -1.88. The molecule has 0 bridgehead atoms. The first-order valence-corrected chi connectivity index (χ1v) is 6.76. The van der Waals surface area contributed by atoms with Gasteiger partial charge in [-0.3, -0.25) is 4.79 Å². The van der Waals surface area contributed by atoms with Crippen molar-refractivity contribution < 1.29 is 4.79 Å². The number of carbonyl (C=O) groups is 1. The van der Waals surface area contributed by atoms with Crippen LogP contribution in [0, 0.1) is 0 Å². The average Bonchev–Trinajstić information content (AvgIpc) is 2.82. The maximum absolute atomic E-state index is 12.1. The molecule has 0 aliphatic heterocycles. The number of hydrogen-bond donors (Lipinski definition) is 1. The highest BCUT2D eigenvalue weighted by Crippen LogP contribution is 2.16. The first kappa shape index (κ1) is 14.5. The molecule has 0 aromatic carbocycles. The smallest absolute Gasteiger partial charge is 0.271 e. The Kier molecular flexibility index (Phi) is 4.39. The van der Waals surface area contributed by atoms with E-state index in [1.807, 2.05) is 43.9 Å². The molecule has 20 heavy (non-hydrogen) atoms. The Morgan fingerprint density at radius 2 is 2.25 bits per heavy atom. The zero-order chi connectivity index (χ0) is 14.7. The molecule has 6 heteroatoms. The van der Waals surface area contributed by atoms with Gasteiger partial charge in [-0.1, -0.05) is 25.4 Å². The number of aromatic nitrogens is 3. The third-order valence-electron chi connectivity index (χ3n) is 2.84. The van der Waals surface area contributed by atoms with Crippen LogP contribution in [0.25, 0.3) is 0 Å². The van der Waals surface area contributed by atoms with Gasteiger partial charge in [0.2, 0.25) is 0 Å². The second kappa shape index (κ2) is 6.05. The summed E-state index contributed by atoms with van der Waals surface area (Å²) in [5.74, 6) is 0.468. The molecule has 0 saturated carbocycles. The molecule has 0 fully saturated rings. The summed E-state index contributed by atoms with van der Waals surface area (Å²) in [7, 11) is 1.93. The number of halogens is 1. The zero-order valence-corrected chi connectivity index (χ0v) is 12.5. The molecule has 0 saturated heterocycles. The van der Waals surface area contributed by atoms with Crippen molar-refractivity contribution in [2.45, 2.75) is 26.3 Å². The second-order valence-corrected chi connectivity index (χ2v) is 5.35. The molecule has 2 aromatic rings. The lowest BCUT2D eigenvalue weighted by Crippen LogP contribution is -2.24. The lowest BCUT2D eigenvalue weighted by atomic mass is 10.2. The van der Waals surface area contributed by atoms with Crippen molar-refractivity contribution in [1.29, 1.82) is 0 Å². The van der Waals surface area contributed by atoms with Gasteiger partial charge in [0.25, 0.3) is 5.91 Å². The minimum Gasteiger partial charge on any atom is -0.357 e. The van der Waals surface area contributed by atoms with Crippen LogP contribution in [0.1, 0.15) is 41.6 Å². The highest BCUT2D eigenvalue weighted by atomic mass is 35.5. The fourth-order valence-corrected chi connectivity index (χ4v) is 1.93. The highest BCUT2D eigenvalue weighted by Gasteiger charge is 2.15.